The molecule has 1 aromatic rings. The molecule has 0 unspecified atom stereocenters. The summed E-state index contributed by atoms with van der Waals surface area (Å²) in [5.74, 6) is 0. The Balaban J connectivity index is 3.04. The first-order chi connectivity index (χ1) is 3.29. The molecule has 4 heteroatoms. The summed E-state index contributed by atoms with van der Waals surface area (Å²) < 4.78 is 26.5. The summed E-state index contributed by atoms with van der Waals surface area (Å²) in [6, 6.07) is -1.00. The fourth-order valence-corrected chi connectivity index (χ4v) is 0.235. The summed E-state index contributed by atoms with van der Waals surface area (Å²) >= 11 is 0. The molecule has 0 bridgehead atoms. The third kappa shape index (κ3) is 0.734. The van der Waals surface area contributed by atoms with Crippen molar-refractivity contribution in [3.05, 3.63) is 18.4 Å². The van der Waals surface area contributed by atoms with E-state index in [1.165, 1.54) is 0 Å². The molecule has 0 aromatic carbocycles. The van der Waals surface area contributed by atoms with E-state index < -0.39 is 12.2 Å². The first-order valence-corrected chi connectivity index (χ1v) is 1.56. The first-order valence-electron chi connectivity index (χ1n) is 1.56. The van der Waals surface area contributed by atoms with Crippen LogP contribution in [0, 0.1) is 12.2 Å². The van der Waals surface area contributed by atoms with Crippen LogP contribution in [0.15, 0.2) is 10.6 Å². The number of hydrogen-bond donors (Lipinski definition) is 0. The maximum Gasteiger partial charge on any atom is 0.383 e. The van der Waals surface area contributed by atoms with Crippen molar-refractivity contribution >= 4 is 0 Å². The van der Waals surface area contributed by atoms with Crippen molar-refractivity contribution in [2.45, 2.75) is 0 Å². The van der Waals surface area contributed by atoms with Crippen LogP contribution in [0.3, 0.4) is 0 Å². The van der Waals surface area contributed by atoms with E-state index in [4.69, 9.17) is 0 Å². The molecular weight excluding hydrogens is 104 g/mol. The van der Waals surface area contributed by atoms with Gasteiger partial charge in [0.05, 0.1) is 0 Å². The Hall–Kier alpha value is -0.930. The lowest BCUT2D eigenvalue weighted by Gasteiger charge is -1.65. The van der Waals surface area contributed by atoms with Gasteiger partial charge in [0.25, 0.3) is 6.01 Å². The van der Waals surface area contributed by atoms with E-state index in [1.54, 1.807) is 0 Å². The second-order valence-electron chi connectivity index (χ2n) is 0.917. The molecule has 7 heavy (non-hydrogen) atoms. The summed E-state index contributed by atoms with van der Waals surface area (Å²) in [5.41, 5.74) is 0. The lowest BCUT2D eigenvalue weighted by Crippen LogP contribution is -1.61. The summed E-state index contributed by atoms with van der Waals surface area (Å²) in [6.45, 7) is 0. The van der Waals surface area contributed by atoms with Crippen LogP contribution in [-0.2, 0) is 0 Å². The Labute approximate surface area is 37.8 Å². The molecule has 0 N–H and O–H groups in total. The lowest BCUT2D eigenvalue weighted by atomic mass is 11.0. The van der Waals surface area contributed by atoms with Crippen molar-refractivity contribution in [2.75, 3.05) is 0 Å². The predicted octanol–water partition coefficient (Wildman–Crippen LogP) is 0.953. The average molecular weight is 105 g/mol. The van der Waals surface area contributed by atoms with Crippen LogP contribution in [0.2, 0.25) is 0 Å². The SMILES string of the molecule is Fc1cnc(F)o1. The van der Waals surface area contributed by atoms with Crippen LogP contribution in [-0.4, -0.2) is 4.98 Å². The second kappa shape index (κ2) is 1.29. The standard InChI is InChI=1S/C3HF2NO/c4-2-1-6-3(5)7-2/h1H. The van der Waals surface area contributed by atoms with Gasteiger partial charge >= 0.3 is 6.14 Å². The van der Waals surface area contributed by atoms with Gasteiger partial charge in [0.15, 0.2) is 0 Å². The molecule has 0 atom stereocenters. The molecule has 1 aromatic heterocycles. The zero-order chi connectivity index (χ0) is 5.28. The molecule has 0 saturated carbocycles. The predicted molar refractivity (Wildman–Crippen MR) is 16.4 cm³/mol. The minimum Gasteiger partial charge on any atom is -0.388 e. The van der Waals surface area contributed by atoms with Gasteiger partial charge in [-0.1, -0.05) is 0 Å². The quantitative estimate of drug-likeness (QED) is 0.491. The van der Waals surface area contributed by atoms with Crippen LogP contribution in [0.5, 0.6) is 0 Å². The van der Waals surface area contributed by atoms with Crippen molar-refractivity contribution in [2.24, 2.45) is 0 Å². The van der Waals surface area contributed by atoms with Gasteiger partial charge in [0.1, 0.15) is 6.20 Å². The monoisotopic (exact) mass is 105 g/mol. The molecule has 0 aliphatic heterocycles. The Morgan fingerprint density at radius 2 is 2.29 bits per heavy atom. The van der Waals surface area contributed by atoms with Crippen molar-refractivity contribution in [3.63, 3.8) is 0 Å². The minimum absolute atomic E-state index is 0.662. The Morgan fingerprint density at radius 1 is 1.57 bits per heavy atom. The van der Waals surface area contributed by atoms with Gasteiger partial charge in [-0.15, -0.1) is 4.39 Å². The van der Waals surface area contributed by atoms with Crippen molar-refractivity contribution in [1.82, 2.24) is 4.98 Å². The smallest absolute Gasteiger partial charge is 0.383 e. The van der Waals surface area contributed by atoms with Crippen LogP contribution in [0.1, 0.15) is 0 Å². The number of hydrogen-bond acceptors (Lipinski definition) is 2. The van der Waals surface area contributed by atoms with Gasteiger partial charge in [0.2, 0.25) is 0 Å². The van der Waals surface area contributed by atoms with Gasteiger partial charge in [0, 0.05) is 0 Å². The van der Waals surface area contributed by atoms with Crippen molar-refractivity contribution < 1.29 is 13.2 Å². The van der Waals surface area contributed by atoms with Gasteiger partial charge in [-0.2, -0.15) is 9.37 Å². The summed E-state index contributed by atoms with van der Waals surface area (Å²) in [5, 5.41) is 0. The highest BCUT2D eigenvalue weighted by molar-refractivity contribution is 4.65. The van der Waals surface area contributed by atoms with E-state index >= 15 is 0 Å². The van der Waals surface area contributed by atoms with Gasteiger partial charge in [-0.3, -0.25) is 0 Å². The maximum atomic E-state index is 11.5. The number of halogens is 2. The van der Waals surface area contributed by atoms with E-state index in [2.05, 4.69) is 9.40 Å². The van der Waals surface area contributed by atoms with Gasteiger partial charge in [-0.25, -0.2) is 0 Å². The van der Waals surface area contributed by atoms with Crippen LogP contribution >= 0.6 is 0 Å². The Kier molecular flexibility index (Phi) is 0.780. The molecule has 0 aliphatic rings. The Bertz CT molecular complexity index is 145. The second-order valence-corrected chi connectivity index (χ2v) is 0.917. The number of oxazole rings is 1. The molecule has 0 saturated heterocycles. The molecule has 38 valence electrons. The molecule has 0 amide bonds. The molecule has 1 rings (SSSR count). The van der Waals surface area contributed by atoms with E-state index in [0.29, 0.717) is 6.20 Å². The van der Waals surface area contributed by atoms with E-state index in [1.807, 2.05) is 0 Å². The third-order valence-corrected chi connectivity index (χ3v) is 0.449. The fraction of sp³-hybridized carbons (Fsp3) is 0. The normalized spacial score (nSPS) is 9.43. The van der Waals surface area contributed by atoms with Crippen LogP contribution in [0.4, 0.5) is 8.78 Å². The molecule has 0 spiro atoms. The zero-order valence-electron chi connectivity index (χ0n) is 3.19. The van der Waals surface area contributed by atoms with Crippen molar-refractivity contribution in [3.8, 4) is 0 Å². The van der Waals surface area contributed by atoms with Crippen molar-refractivity contribution in [1.29, 1.82) is 0 Å². The third-order valence-electron chi connectivity index (χ3n) is 0.449. The van der Waals surface area contributed by atoms with E-state index in [0.717, 1.165) is 0 Å². The highest BCUT2D eigenvalue weighted by atomic mass is 19.2. The molecule has 1 heterocycles. The first kappa shape index (κ1) is 4.23. The van der Waals surface area contributed by atoms with E-state index in [-0.39, 0.29) is 0 Å². The zero-order valence-corrected chi connectivity index (χ0v) is 3.19. The van der Waals surface area contributed by atoms with Gasteiger partial charge in [-0.05, 0) is 0 Å². The fourth-order valence-electron chi connectivity index (χ4n) is 0.235. The summed E-state index contributed by atoms with van der Waals surface area (Å²) in [7, 11) is 0. The molecule has 0 fully saturated rings. The molecule has 2 nitrogen and oxygen atoms in total. The number of aromatic nitrogens is 1. The summed E-state index contributed by atoms with van der Waals surface area (Å²) in [6.07, 6.45) is -0.479. The molecule has 0 radical (unpaired) electrons. The largest absolute Gasteiger partial charge is 0.388 e. The maximum absolute atomic E-state index is 11.5. The summed E-state index contributed by atoms with van der Waals surface area (Å²) in [4.78, 5) is 2.81. The topological polar surface area (TPSA) is 26.0 Å². The lowest BCUT2D eigenvalue weighted by molar-refractivity contribution is 0.256. The van der Waals surface area contributed by atoms with E-state index in [9.17, 15) is 8.78 Å². The highest BCUT2D eigenvalue weighted by Gasteiger charge is 1.96. The average Bonchev–Trinajstić information content (AvgIpc) is 1.87. The van der Waals surface area contributed by atoms with Crippen LogP contribution < -0.4 is 0 Å². The minimum atomic E-state index is -1.14. The number of rotatable bonds is 0. The van der Waals surface area contributed by atoms with Crippen LogP contribution in [0.25, 0.3) is 0 Å². The molecular formula is C3HF2NO. The highest BCUT2D eigenvalue weighted by Crippen LogP contribution is 1.96. The Morgan fingerprint density at radius 3 is 2.43 bits per heavy atom. The molecule has 0 aliphatic carbocycles. The number of nitrogens with zero attached hydrogens (tertiary/aromatic N) is 1. The van der Waals surface area contributed by atoms with Gasteiger partial charge < -0.3 is 4.42 Å².